The molecule has 0 aliphatic carbocycles. The lowest BCUT2D eigenvalue weighted by Gasteiger charge is -2.23. The van der Waals surface area contributed by atoms with E-state index in [-0.39, 0.29) is 5.24 Å². The van der Waals surface area contributed by atoms with E-state index < -0.39 is 0 Å². The highest BCUT2D eigenvalue weighted by molar-refractivity contribution is 8.11. The van der Waals surface area contributed by atoms with E-state index in [0.717, 1.165) is 44.5 Å². The van der Waals surface area contributed by atoms with Gasteiger partial charge >= 0.3 is 5.24 Å². The minimum atomic E-state index is -0.144. The number of piperidine rings is 1. The van der Waals surface area contributed by atoms with Crippen LogP contribution < -0.4 is 5.43 Å². The monoisotopic (exact) mass is 307 g/mol. The highest BCUT2D eigenvalue weighted by Crippen LogP contribution is 2.18. The van der Waals surface area contributed by atoms with E-state index in [9.17, 15) is 4.79 Å². The highest BCUT2D eigenvalue weighted by Gasteiger charge is 2.15. The van der Waals surface area contributed by atoms with Gasteiger partial charge < -0.3 is 0 Å². The molecule has 21 heavy (non-hydrogen) atoms. The topological polar surface area (TPSA) is 70.5 Å². The average molecular weight is 307 g/mol. The Morgan fingerprint density at radius 3 is 2.90 bits per heavy atom. The minimum absolute atomic E-state index is 0.144. The second-order valence-electron chi connectivity index (χ2n) is 4.90. The summed E-state index contributed by atoms with van der Waals surface area (Å²) in [6.45, 7) is 4.00. The van der Waals surface area contributed by atoms with Crippen LogP contribution in [0.4, 0.5) is 4.79 Å². The molecule has 1 aliphatic heterocycles. The lowest BCUT2D eigenvalue weighted by Crippen LogP contribution is -2.27. The fraction of sp³-hybridized carbons (Fsp3) is 0.571. The number of nitrogens with one attached hydrogen (secondary N) is 1. The standard InChI is InChI=1S/C14H21N5OS/c1-2-7-12(13-8-6-9-15-16-13)17-18-14(20)21-19-10-4-3-5-11-19/h6,8-9H,2-5,7,10-11H2,1H3,(H,18,20)/b17-12+. The number of rotatable bonds is 5. The maximum atomic E-state index is 11.9. The number of nitrogens with zero attached hydrogens (tertiary/aromatic N) is 4. The van der Waals surface area contributed by atoms with E-state index in [1.165, 1.54) is 18.4 Å². The molecule has 114 valence electrons. The van der Waals surface area contributed by atoms with Crippen molar-refractivity contribution in [3.05, 3.63) is 24.0 Å². The van der Waals surface area contributed by atoms with E-state index in [1.54, 1.807) is 6.20 Å². The molecular formula is C14H21N5OS. The van der Waals surface area contributed by atoms with E-state index in [4.69, 9.17) is 0 Å². The van der Waals surface area contributed by atoms with Crippen LogP contribution in [0.2, 0.25) is 0 Å². The van der Waals surface area contributed by atoms with Crippen LogP contribution in [0.25, 0.3) is 0 Å². The first-order chi connectivity index (χ1) is 10.3. The molecule has 0 spiro atoms. The van der Waals surface area contributed by atoms with E-state index in [2.05, 4.69) is 32.0 Å². The van der Waals surface area contributed by atoms with Crippen LogP contribution in [0.3, 0.4) is 0 Å². The molecular weight excluding hydrogens is 286 g/mol. The molecule has 2 rings (SSSR count). The normalized spacial score (nSPS) is 16.7. The van der Waals surface area contributed by atoms with Crippen LogP contribution in [0.1, 0.15) is 44.7 Å². The third kappa shape index (κ3) is 5.43. The lowest BCUT2D eigenvalue weighted by molar-refractivity contribution is 0.259. The third-order valence-electron chi connectivity index (χ3n) is 3.16. The Labute approximate surface area is 129 Å². The zero-order chi connectivity index (χ0) is 14.9. The molecule has 1 aromatic rings. The van der Waals surface area contributed by atoms with Crippen LogP contribution in [0.15, 0.2) is 23.4 Å². The second kappa shape index (κ2) is 8.74. The molecule has 0 saturated carbocycles. The fourth-order valence-electron chi connectivity index (χ4n) is 2.14. The summed E-state index contributed by atoms with van der Waals surface area (Å²) in [4.78, 5) is 11.9. The van der Waals surface area contributed by atoms with E-state index in [1.807, 2.05) is 12.1 Å². The summed E-state index contributed by atoms with van der Waals surface area (Å²) in [5.41, 5.74) is 4.09. The van der Waals surface area contributed by atoms with Crippen molar-refractivity contribution in [3.8, 4) is 0 Å². The Morgan fingerprint density at radius 2 is 2.24 bits per heavy atom. The molecule has 0 aromatic carbocycles. The van der Waals surface area contributed by atoms with Crippen molar-refractivity contribution in [2.24, 2.45) is 5.10 Å². The van der Waals surface area contributed by atoms with Gasteiger partial charge in [-0.2, -0.15) is 10.2 Å². The Bertz CT molecular complexity index is 474. The first-order valence-corrected chi connectivity index (χ1v) is 8.14. The Balaban J connectivity index is 1.91. The molecule has 1 saturated heterocycles. The third-order valence-corrected chi connectivity index (χ3v) is 4.04. The fourth-order valence-corrected chi connectivity index (χ4v) is 2.90. The molecule has 0 atom stereocenters. The SMILES string of the molecule is CCC/C(=N\NC(=O)SN1CCCCC1)c1cccnn1. The number of hydrazone groups is 1. The van der Waals surface area contributed by atoms with Crippen LogP contribution in [-0.4, -0.2) is 38.5 Å². The molecule has 6 nitrogen and oxygen atoms in total. The van der Waals surface area contributed by atoms with Gasteiger partial charge in [-0.15, -0.1) is 5.10 Å². The second-order valence-corrected chi connectivity index (χ2v) is 5.97. The van der Waals surface area contributed by atoms with Gasteiger partial charge in [0.05, 0.1) is 5.71 Å². The first-order valence-electron chi connectivity index (χ1n) is 7.37. The average Bonchev–Trinajstić information content (AvgIpc) is 2.53. The molecule has 0 radical (unpaired) electrons. The predicted octanol–water partition coefficient (Wildman–Crippen LogP) is 2.82. The van der Waals surface area contributed by atoms with Crippen molar-refractivity contribution in [1.82, 2.24) is 19.9 Å². The molecule has 1 N–H and O–H groups in total. The molecule has 1 aromatic heterocycles. The Morgan fingerprint density at radius 1 is 1.43 bits per heavy atom. The number of carbonyl (C=O) groups excluding carboxylic acids is 1. The Kier molecular flexibility index (Phi) is 6.62. The molecule has 1 fully saturated rings. The Hall–Kier alpha value is -1.47. The summed E-state index contributed by atoms with van der Waals surface area (Å²) in [5.74, 6) is 0. The van der Waals surface area contributed by atoms with Crippen molar-refractivity contribution >= 4 is 22.9 Å². The molecule has 1 aliphatic rings. The predicted molar refractivity (Wildman–Crippen MR) is 85.0 cm³/mol. The molecule has 2 heterocycles. The lowest BCUT2D eigenvalue weighted by atomic mass is 10.1. The maximum Gasteiger partial charge on any atom is 0.314 e. The van der Waals surface area contributed by atoms with Crippen LogP contribution in [-0.2, 0) is 0 Å². The number of hydrogen-bond acceptors (Lipinski definition) is 6. The molecule has 7 heteroatoms. The first kappa shape index (κ1) is 15.9. The van der Waals surface area contributed by atoms with E-state index in [0.29, 0.717) is 5.69 Å². The summed E-state index contributed by atoms with van der Waals surface area (Å²) in [5, 5.41) is 12.0. The zero-order valence-corrected chi connectivity index (χ0v) is 13.1. The zero-order valence-electron chi connectivity index (χ0n) is 12.3. The highest BCUT2D eigenvalue weighted by atomic mass is 32.2. The largest absolute Gasteiger partial charge is 0.314 e. The van der Waals surface area contributed by atoms with Gasteiger partial charge in [-0.3, -0.25) is 4.79 Å². The number of carbonyl (C=O) groups is 1. The van der Waals surface area contributed by atoms with Crippen LogP contribution in [0.5, 0.6) is 0 Å². The summed E-state index contributed by atoms with van der Waals surface area (Å²) < 4.78 is 2.09. The molecule has 0 bridgehead atoms. The summed E-state index contributed by atoms with van der Waals surface area (Å²) >= 11 is 1.22. The van der Waals surface area contributed by atoms with Crippen LogP contribution >= 0.6 is 11.9 Å². The van der Waals surface area contributed by atoms with Gasteiger partial charge in [0.15, 0.2) is 0 Å². The van der Waals surface area contributed by atoms with Crippen LogP contribution in [0, 0.1) is 0 Å². The maximum absolute atomic E-state index is 11.9. The molecule has 0 unspecified atom stereocenters. The van der Waals surface area contributed by atoms with Gasteiger partial charge in [0.2, 0.25) is 0 Å². The number of hydrogen-bond donors (Lipinski definition) is 1. The smallest absolute Gasteiger partial charge is 0.259 e. The molecule has 1 amide bonds. The number of aromatic nitrogens is 2. The minimum Gasteiger partial charge on any atom is -0.259 e. The van der Waals surface area contributed by atoms with Gasteiger partial charge in [0, 0.05) is 31.2 Å². The van der Waals surface area contributed by atoms with Gasteiger partial charge in [0.1, 0.15) is 5.69 Å². The van der Waals surface area contributed by atoms with Gasteiger partial charge in [-0.1, -0.05) is 19.8 Å². The van der Waals surface area contributed by atoms with Crippen molar-refractivity contribution < 1.29 is 4.79 Å². The summed E-state index contributed by atoms with van der Waals surface area (Å²) in [7, 11) is 0. The number of amides is 1. The van der Waals surface area contributed by atoms with Crippen molar-refractivity contribution in [3.63, 3.8) is 0 Å². The summed E-state index contributed by atoms with van der Waals surface area (Å²) in [6, 6.07) is 3.67. The van der Waals surface area contributed by atoms with Crippen molar-refractivity contribution in [2.75, 3.05) is 13.1 Å². The van der Waals surface area contributed by atoms with Crippen molar-refractivity contribution in [1.29, 1.82) is 0 Å². The van der Waals surface area contributed by atoms with Gasteiger partial charge in [0.25, 0.3) is 0 Å². The quantitative estimate of drug-likeness (QED) is 0.514. The van der Waals surface area contributed by atoms with E-state index >= 15 is 0 Å². The van der Waals surface area contributed by atoms with Gasteiger partial charge in [-0.05, 0) is 31.4 Å². The van der Waals surface area contributed by atoms with Crippen molar-refractivity contribution in [2.45, 2.75) is 39.0 Å². The summed E-state index contributed by atoms with van der Waals surface area (Å²) in [6.07, 6.45) is 6.88. The van der Waals surface area contributed by atoms with Gasteiger partial charge in [-0.25, -0.2) is 9.73 Å².